The Morgan fingerprint density at radius 3 is 2.88 bits per heavy atom. The maximum atomic E-state index is 8.63. The van der Waals surface area contributed by atoms with E-state index in [1.54, 1.807) is 6.07 Å². The number of aromatic nitrogens is 2. The molecule has 0 radical (unpaired) electrons. The van der Waals surface area contributed by atoms with Crippen LogP contribution in [0.2, 0.25) is 0 Å². The maximum Gasteiger partial charge on any atom is 0.567 e. The molecule has 0 saturated carbocycles. The summed E-state index contributed by atoms with van der Waals surface area (Å²) in [5.41, 5.74) is 0. The summed E-state index contributed by atoms with van der Waals surface area (Å²) in [6.45, 7) is -0.122. The van der Waals surface area contributed by atoms with Crippen LogP contribution in [0.25, 0.3) is 10.8 Å². The van der Waals surface area contributed by atoms with E-state index in [0.29, 0.717) is 15.6 Å². The lowest BCUT2D eigenvalue weighted by Crippen LogP contribution is -1.94. The fourth-order valence-electron chi connectivity index (χ4n) is 0.964. The highest BCUT2D eigenvalue weighted by Gasteiger charge is 2.33. The van der Waals surface area contributed by atoms with E-state index in [4.69, 9.17) is 19.2 Å². The van der Waals surface area contributed by atoms with Crippen LogP contribution in [0, 0.1) is 0 Å². The maximum absolute atomic E-state index is 8.63. The number of nitrogens with zero attached hydrogens (tertiary/aromatic N) is 2. The van der Waals surface area contributed by atoms with Crippen LogP contribution in [0.4, 0.5) is 0 Å². The van der Waals surface area contributed by atoms with Gasteiger partial charge in [0.05, 0.1) is 11.1 Å². The van der Waals surface area contributed by atoms with Crippen LogP contribution in [0.5, 0.6) is 0 Å². The number of rotatable bonds is 4. The summed E-state index contributed by atoms with van der Waals surface area (Å²) in [4.78, 5) is 30.5. The van der Waals surface area contributed by atoms with Crippen molar-refractivity contribution in [2.24, 2.45) is 0 Å². The Morgan fingerprint density at radius 2 is 2.25 bits per heavy atom. The lowest BCUT2D eigenvalue weighted by molar-refractivity contribution is 0.154. The Morgan fingerprint density at radius 1 is 1.44 bits per heavy atom. The molecule has 0 aromatic carbocycles. The van der Waals surface area contributed by atoms with Gasteiger partial charge in [-0.05, 0) is 0 Å². The van der Waals surface area contributed by atoms with Crippen molar-refractivity contribution >= 4 is 19.5 Å². The minimum absolute atomic E-state index is 0.122. The van der Waals surface area contributed by atoms with Crippen molar-refractivity contribution in [2.75, 3.05) is 0 Å². The van der Waals surface area contributed by atoms with Crippen LogP contribution >= 0.6 is 19.5 Å². The standard InChI is InChI=1S/C7H8N2O5PS/c10-15(11,12)13-4-5-3-8-7(16-5)6-1-2-9-14-6/h1-3,10-12H,4H2/q+1. The van der Waals surface area contributed by atoms with Crippen LogP contribution in [0.15, 0.2) is 23.0 Å². The zero-order valence-electron chi connectivity index (χ0n) is 7.85. The molecule has 86 valence electrons. The van der Waals surface area contributed by atoms with Crippen molar-refractivity contribution in [2.45, 2.75) is 6.61 Å². The van der Waals surface area contributed by atoms with E-state index >= 15 is 0 Å². The van der Waals surface area contributed by atoms with E-state index in [1.165, 1.54) is 23.7 Å². The fourth-order valence-corrected chi connectivity index (χ4v) is 2.15. The summed E-state index contributed by atoms with van der Waals surface area (Å²) in [7, 11) is -4.19. The highest BCUT2D eigenvalue weighted by Crippen LogP contribution is 2.46. The van der Waals surface area contributed by atoms with Gasteiger partial charge in [0, 0.05) is 12.3 Å². The average Bonchev–Trinajstić information content (AvgIpc) is 2.84. The van der Waals surface area contributed by atoms with Crippen molar-refractivity contribution in [1.82, 2.24) is 10.1 Å². The monoisotopic (exact) mass is 263 g/mol. The summed E-state index contributed by atoms with van der Waals surface area (Å²) < 4.78 is 9.34. The Hall–Kier alpha value is -0.890. The third kappa shape index (κ3) is 3.05. The van der Waals surface area contributed by atoms with Gasteiger partial charge in [-0.2, -0.15) is 14.7 Å². The molecule has 0 aliphatic rings. The second-order valence-corrected chi connectivity index (χ2v) is 5.20. The van der Waals surface area contributed by atoms with Crippen LogP contribution in [-0.2, 0) is 11.1 Å². The fraction of sp³-hybridized carbons (Fsp3) is 0.143. The second-order valence-electron chi connectivity index (χ2n) is 2.80. The van der Waals surface area contributed by atoms with Crippen LogP contribution in [0.1, 0.15) is 4.88 Å². The third-order valence-corrected chi connectivity index (χ3v) is 3.04. The van der Waals surface area contributed by atoms with Crippen molar-refractivity contribution in [3.63, 3.8) is 0 Å². The first-order valence-corrected chi connectivity index (χ1v) is 6.50. The number of hydrogen-bond donors (Lipinski definition) is 3. The second kappa shape index (κ2) is 4.54. The molecule has 0 aliphatic heterocycles. The Balaban J connectivity index is 2.03. The predicted octanol–water partition coefficient (Wildman–Crippen LogP) is 0.969. The normalized spacial score (nSPS) is 11.9. The molecule has 0 saturated heterocycles. The van der Waals surface area contributed by atoms with Crippen LogP contribution in [0.3, 0.4) is 0 Å². The van der Waals surface area contributed by atoms with Gasteiger partial charge in [0.15, 0.2) is 10.8 Å². The zero-order chi connectivity index (χ0) is 11.6. The molecule has 0 spiro atoms. The first-order chi connectivity index (χ1) is 7.54. The van der Waals surface area contributed by atoms with Gasteiger partial charge in [-0.25, -0.2) is 4.98 Å². The zero-order valence-corrected chi connectivity index (χ0v) is 9.56. The summed E-state index contributed by atoms with van der Waals surface area (Å²) in [6.07, 6.45) is 3.00. The van der Waals surface area contributed by atoms with Gasteiger partial charge < -0.3 is 4.52 Å². The quantitative estimate of drug-likeness (QED) is 0.705. The lowest BCUT2D eigenvalue weighted by Gasteiger charge is -1.99. The summed E-state index contributed by atoms with van der Waals surface area (Å²) in [5.74, 6) is 0.523. The molecule has 2 aromatic heterocycles. The van der Waals surface area contributed by atoms with Gasteiger partial charge in [0.1, 0.15) is 6.61 Å². The van der Waals surface area contributed by atoms with Crippen LogP contribution in [-0.4, -0.2) is 24.8 Å². The molecule has 0 fully saturated rings. The minimum Gasteiger partial charge on any atom is -0.354 e. The number of thiazole rings is 1. The topological polar surface area (TPSA) is 109 Å². The van der Waals surface area contributed by atoms with Crippen molar-refractivity contribution in [3.8, 4) is 10.8 Å². The molecule has 0 aliphatic carbocycles. The van der Waals surface area contributed by atoms with Gasteiger partial charge >= 0.3 is 8.17 Å². The molecule has 0 amide bonds. The van der Waals surface area contributed by atoms with E-state index in [9.17, 15) is 0 Å². The van der Waals surface area contributed by atoms with Crippen LogP contribution < -0.4 is 0 Å². The van der Waals surface area contributed by atoms with E-state index in [-0.39, 0.29) is 6.61 Å². The van der Waals surface area contributed by atoms with E-state index in [1.807, 2.05) is 0 Å². The Kier molecular flexibility index (Phi) is 3.29. The third-order valence-electron chi connectivity index (χ3n) is 1.58. The number of hydrogen-bond acceptors (Lipinski definition) is 8. The first kappa shape index (κ1) is 11.6. The van der Waals surface area contributed by atoms with Gasteiger partial charge in [0.2, 0.25) is 0 Å². The first-order valence-electron chi connectivity index (χ1n) is 4.12. The highest BCUT2D eigenvalue weighted by molar-refractivity contribution is 7.53. The van der Waals surface area contributed by atoms with Crippen molar-refractivity contribution < 1.29 is 23.7 Å². The van der Waals surface area contributed by atoms with E-state index in [0.717, 1.165) is 0 Å². The molecule has 9 heteroatoms. The summed E-state index contributed by atoms with van der Waals surface area (Å²) in [6, 6.07) is 1.66. The molecule has 2 aromatic rings. The molecule has 0 atom stereocenters. The minimum atomic E-state index is -4.19. The van der Waals surface area contributed by atoms with E-state index < -0.39 is 8.17 Å². The smallest absolute Gasteiger partial charge is 0.354 e. The highest BCUT2D eigenvalue weighted by atomic mass is 32.1. The van der Waals surface area contributed by atoms with Gasteiger partial charge in [-0.3, -0.25) is 0 Å². The Bertz CT molecular complexity index is 452. The molecular formula is C7H8N2O5PS+. The molecule has 16 heavy (non-hydrogen) atoms. The lowest BCUT2D eigenvalue weighted by atomic mass is 10.5. The van der Waals surface area contributed by atoms with Crippen molar-refractivity contribution in [3.05, 3.63) is 23.3 Å². The molecule has 0 bridgehead atoms. The van der Waals surface area contributed by atoms with Gasteiger partial charge in [-0.1, -0.05) is 5.16 Å². The molecular weight excluding hydrogens is 255 g/mol. The SMILES string of the molecule is O[P+](O)(O)OCc1cnc(-c2ccno2)s1. The Labute approximate surface area is 94.6 Å². The summed E-state index contributed by atoms with van der Waals surface area (Å²) >= 11 is 1.25. The largest absolute Gasteiger partial charge is 0.567 e. The van der Waals surface area contributed by atoms with E-state index in [2.05, 4.69) is 14.7 Å². The van der Waals surface area contributed by atoms with Gasteiger partial charge in [0.25, 0.3) is 0 Å². The molecule has 0 unspecified atom stereocenters. The van der Waals surface area contributed by atoms with Gasteiger partial charge in [-0.15, -0.1) is 15.9 Å². The molecule has 2 rings (SSSR count). The predicted molar refractivity (Wildman–Crippen MR) is 56.0 cm³/mol. The molecule has 2 heterocycles. The van der Waals surface area contributed by atoms with Crippen molar-refractivity contribution in [1.29, 1.82) is 0 Å². The molecule has 7 nitrogen and oxygen atoms in total. The molecule has 3 N–H and O–H groups in total. The average molecular weight is 263 g/mol. The summed E-state index contributed by atoms with van der Waals surface area (Å²) in [5, 5.41) is 4.14.